The van der Waals surface area contributed by atoms with Crippen LogP contribution in [0.4, 0.5) is 0 Å². The molecule has 0 aromatic carbocycles. The van der Waals surface area contributed by atoms with Gasteiger partial charge in [0, 0.05) is 31.2 Å². The van der Waals surface area contributed by atoms with Crippen molar-refractivity contribution in [2.24, 2.45) is 17.8 Å². The van der Waals surface area contributed by atoms with Crippen LogP contribution in [0.25, 0.3) is 0 Å². The molecule has 9 heteroatoms. The Morgan fingerprint density at radius 3 is 2.59 bits per heavy atom. The van der Waals surface area contributed by atoms with Gasteiger partial charge in [0.05, 0.1) is 11.1 Å². The summed E-state index contributed by atoms with van der Waals surface area (Å²) in [5.74, 6) is -0.230. The van der Waals surface area contributed by atoms with E-state index >= 15 is 0 Å². The molecule has 0 aliphatic carbocycles. The number of allylic oxidation sites excluding steroid dienone is 2. The summed E-state index contributed by atoms with van der Waals surface area (Å²) in [4.78, 5) is 40.5. The maximum absolute atomic E-state index is 12.4. The number of amides is 1. The van der Waals surface area contributed by atoms with Crippen LogP contribution in [-0.4, -0.2) is 59.1 Å². The second-order valence-corrected chi connectivity index (χ2v) is 11.8. The second kappa shape index (κ2) is 16.5. The molecule has 1 aliphatic rings. The van der Waals surface area contributed by atoms with Gasteiger partial charge in [0.15, 0.2) is 5.78 Å². The minimum absolute atomic E-state index is 0.0351. The van der Waals surface area contributed by atoms with Gasteiger partial charge in [-0.3, -0.25) is 14.4 Å². The minimum atomic E-state index is -0.594. The summed E-state index contributed by atoms with van der Waals surface area (Å²) in [5, 5.41) is 19.1. The number of carbonyl (C=O) groups is 3. The summed E-state index contributed by atoms with van der Waals surface area (Å²) < 4.78 is 5.77. The molecule has 0 unspecified atom stereocenters. The molecule has 0 radical (unpaired) electrons. The lowest BCUT2D eigenvalue weighted by Crippen LogP contribution is -2.38. The zero-order chi connectivity index (χ0) is 28.9. The normalized spacial score (nSPS) is 19.4. The van der Waals surface area contributed by atoms with Crippen LogP contribution in [0.1, 0.15) is 76.3 Å². The topological polar surface area (TPSA) is 118 Å². The molecule has 0 bridgehead atoms. The molecule has 5 atom stereocenters. The highest BCUT2D eigenvalue weighted by Gasteiger charge is 2.29. The smallest absolute Gasteiger partial charge is 0.323 e. The molecule has 1 fully saturated rings. The average molecular weight is 560 g/mol. The summed E-state index contributed by atoms with van der Waals surface area (Å²) >= 11 is 1.48. The van der Waals surface area contributed by atoms with Gasteiger partial charge in [-0.15, -0.1) is 11.3 Å². The number of Topliss-reactive ketones (excluding diaryl/α,β-unsaturated/α-hetero) is 1. The van der Waals surface area contributed by atoms with Gasteiger partial charge in [0.1, 0.15) is 17.8 Å². The number of carbonyl (C=O) groups excluding carboxylic acids is 3. The van der Waals surface area contributed by atoms with Crippen molar-refractivity contribution in [3.05, 3.63) is 52.0 Å². The number of ether oxygens (including phenoxy) is 1. The van der Waals surface area contributed by atoms with Crippen LogP contribution in [0.3, 0.4) is 0 Å². The number of rotatable bonds is 15. The van der Waals surface area contributed by atoms with E-state index in [0.29, 0.717) is 25.1 Å². The highest BCUT2D eigenvalue weighted by molar-refractivity contribution is 7.09. The molecule has 0 spiro atoms. The number of nitrogens with zero attached hydrogens (tertiary/aromatic N) is 1. The zero-order valence-corrected chi connectivity index (χ0v) is 24.9. The molecule has 3 N–H and O–H groups in total. The average Bonchev–Trinajstić information content (AvgIpc) is 3.56. The lowest BCUT2D eigenvalue weighted by Gasteiger charge is -2.27. The highest BCUT2D eigenvalue weighted by atomic mass is 32.1. The van der Waals surface area contributed by atoms with Gasteiger partial charge in [-0.25, -0.2) is 4.98 Å². The number of esters is 1. The van der Waals surface area contributed by atoms with Gasteiger partial charge in [0.2, 0.25) is 5.91 Å². The molecule has 1 aliphatic heterocycles. The number of aliphatic hydroxyl groups is 1. The number of hydrogen-bond donors (Lipinski definition) is 3. The summed E-state index contributed by atoms with van der Waals surface area (Å²) in [5.41, 5.74) is 1.40. The van der Waals surface area contributed by atoms with Crippen molar-refractivity contribution in [3.8, 4) is 0 Å². The largest absolute Gasteiger partial charge is 0.460 e. The fraction of sp³-hybridized carbons (Fsp3) is 0.600. The van der Waals surface area contributed by atoms with E-state index in [1.807, 2.05) is 39.8 Å². The fourth-order valence-corrected chi connectivity index (χ4v) is 5.55. The van der Waals surface area contributed by atoms with E-state index in [1.165, 1.54) is 24.3 Å². The van der Waals surface area contributed by atoms with Crippen LogP contribution in [0.15, 0.2) is 41.3 Å². The molecular formula is C30H45N3O5S. The molecule has 0 saturated carbocycles. The van der Waals surface area contributed by atoms with Crippen molar-refractivity contribution in [1.82, 2.24) is 15.6 Å². The second-order valence-electron chi connectivity index (χ2n) is 10.9. The van der Waals surface area contributed by atoms with E-state index < -0.39 is 6.10 Å². The van der Waals surface area contributed by atoms with Crippen molar-refractivity contribution >= 4 is 29.0 Å². The lowest BCUT2D eigenvalue weighted by atomic mass is 9.94. The monoisotopic (exact) mass is 559 g/mol. The molecule has 1 saturated heterocycles. The number of aromatic nitrogens is 1. The predicted molar refractivity (Wildman–Crippen MR) is 156 cm³/mol. The molecule has 1 amide bonds. The first-order chi connectivity index (χ1) is 18.5. The van der Waals surface area contributed by atoms with Crippen molar-refractivity contribution in [3.63, 3.8) is 0 Å². The van der Waals surface area contributed by atoms with Crippen molar-refractivity contribution < 1.29 is 24.2 Å². The van der Waals surface area contributed by atoms with E-state index in [1.54, 1.807) is 17.5 Å². The van der Waals surface area contributed by atoms with Gasteiger partial charge in [-0.1, -0.05) is 57.6 Å². The summed E-state index contributed by atoms with van der Waals surface area (Å²) in [6, 6.07) is -0.231. The number of aliphatic hydroxyl groups excluding tert-OH is 1. The predicted octanol–water partition coefficient (Wildman–Crippen LogP) is 4.41. The molecule has 2 heterocycles. The quantitative estimate of drug-likeness (QED) is 0.126. The Morgan fingerprint density at radius 2 is 1.97 bits per heavy atom. The third-order valence-corrected chi connectivity index (χ3v) is 7.50. The molecular weight excluding hydrogens is 514 g/mol. The van der Waals surface area contributed by atoms with Crippen LogP contribution < -0.4 is 10.6 Å². The Labute approximate surface area is 237 Å². The van der Waals surface area contributed by atoms with Gasteiger partial charge < -0.3 is 20.5 Å². The Kier molecular flexibility index (Phi) is 13.8. The van der Waals surface area contributed by atoms with Crippen LogP contribution >= 0.6 is 11.3 Å². The molecule has 2 rings (SSSR count). The number of nitrogens with one attached hydrogen (secondary N) is 2. The minimum Gasteiger partial charge on any atom is -0.460 e. The Morgan fingerprint density at radius 1 is 1.23 bits per heavy atom. The van der Waals surface area contributed by atoms with Crippen LogP contribution in [0, 0.1) is 17.8 Å². The highest BCUT2D eigenvalue weighted by Crippen LogP contribution is 2.21. The Hall–Kier alpha value is -2.62. The molecule has 1 aromatic rings. The van der Waals surface area contributed by atoms with Gasteiger partial charge in [-0.05, 0) is 50.6 Å². The first-order valence-corrected chi connectivity index (χ1v) is 14.7. The van der Waals surface area contributed by atoms with Crippen molar-refractivity contribution in [1.29, 1.82) is 0 Å². The van der Waals surface area contributed by atoms with Crippen molar-refractivity contribution in [2.75, 3.05) is 13.1 Å². The molecule has 39 heavy (non-hydrogen) atoms. The number of ketones is 1. The van der Waals surface area contributed by atoms with Crippen LogP contribution in [0.5, 0.6) is 0 Å². The standard InChI is InChI=1S/C30H45N3O5S/c1-19(2)29(38-30(37)25-10-8-13-31-25)22(5)11-12-27(36)32-14-7-9-20(3)15-24(35)16-21(4)17-28-33-26(18-39-28)23(6)34/h7,9,11-12,15,18-19,21-22,24-25,29,31,35H,8,10,13-14,16-17H2,1-6H3,(H,32,36)/b9-7+,12-11+,20-15+/t21-,22+,24+,25+,29+/m0/s1. The maximum atomic E-state index is 12.4. The van der Waals surface area contributed by atoms with Crippen LogP contribution in [-0.2, 0) is 20.7 Å². The third-order valence-electron chi connectivity index (χ3n) is 6.63. The third kappa shape index (κ3) is 12.0. The van der Waals surface area contributed by atoms with E-state index in [0.717, 1.165) is 30.0 Å². The van der Waals surface area contributed by atoms with E-state index in [2.05, 4.69) is 22.5 Å². The first-order valence-electron chi connectivity index (χ1n) is 13.8. The van der Waals surface area contributed by atoms with Gasteiger partial charge in [-0.2, -0.15) is 0 Å². The number of hydrogen-bond acceptors (Lipinski definition) is 8. The first kappa shape index (κ1) is 32.6. The number of thiazole rings is 1. The summed E-state index contributed by atoms with van der Waals surface area (Å²) in [6.45, 7) is 12.6. The zero-order valence-electron chi connectivity index (χ0n) is 24.1. The fourth-order valence-electron chi connectivity index (χ4n) is 4.55. The molecule has 216 valence electrons. The molecule has 1 aromatic heterocycles. The molecule has 8 nitrogen and oxygen atoms in total. The van der Waals surface area contributed by atoms with E-state index in [9.17, 15) is 19.5 Å². The SMILES string of the molecule is CC(=O)c1csc(C[C@@H](C)C[C@H](O)/C=C(C)/C=C/CNC(=O)/C=C/[C@@H](C)[C@H](OC(=O)[C@H]2CCCN2)C(C)C)n1. The Bertz CT molecular complexity index is 1040. The van der Waals surface area contributed by atoms with E-state index in [-0.39, 0.29) is 47.6 Å². The van der Waals surface area contributed by atoms with Crippen molar-refractivity contribution in [2.45, 2.75) is 85.5 Å². The Balaban J connectivity index is 1.74. The van der Waals surface area contributed by atoms with Gasteiger partial charge in [0.25, 0.3) is 0 Å². The lowest BCUT2D eigenvalue weighted by molar-refractivity contribution is -0.155. The maximum Gasteiger partial charge on any atom is 0.323 e. The summed E-state index contributed by atoms with van der Waals surface area (Å²) in [7, 11) is 0. The van der Waals surface area contributed by atoms with Gasteiger partial charge >= 0.3 is 5.97 Å². The van der Waals surface area contributed by atoms with E-state index in [4.69, 9.17) is 4.74 Å². The van der Waals surface area contributed by atoms with Crippen LogP contribution in [0.2, 0.25) is 0 Å². The summed E-state index contributed by atoms with van der Waals surface area (Å²) in [6.07, 6.45) is 11.0.